The number of amides is 1. The van der Waals surface area contributed by atoms with E-state index >= 15 is 0 Å². The predicted molar refractivity (Wildman–Crippen MR) is 154 cm³/mol. The lowest BCUT2D eigenvalue weighted by Crippen LogP contribution is -2.35. The van der Waals surface area contributed by atoms with Gasteiger partial charge in [0, 0.05) is 29.7 Å². The summed E-state index contributed by atoms with van der Waals surface area (Å²) < 4.78 is 1.68. The van der Waals surface area contributed by atoms with Crippen LogP contribution < -0.4 is 10.9 Å². The topological polar surface area (TPSA) is 67.2 Å². The molecule has 0 unspecified atom stereocenters. The highest BCUT2D eigenvalue weighted by atomic mass is 32.2. The van der Waals surface area contributed by atoms with Gasteiger partial charge >= 0.3 is 0 Å². The van der Waals surface area contributed by atoms with Crippen molar-refractivity contribution in [3.8, 4) is 5.69 Å². The van der Waals surface area contributed by atoms with Crippen molar-refractivity contribution in [2.24, 2.45) is 0 Å². The second kappa shape index (κ2) is 10.4. The van der Waals surface area contributed by atoms with E-state index in [-0.39, 0.29) is 17.2 Å². The van der Waals surface area contributed by atoms with Crippen molar-refractivity contribution >= 4 is 44.9 Å². The maximum absolute atomic E-state index is 14.0. The zero-order chi connectivity index (χ0) is 26.3. The van der Waals surface area contributed by atoms with Crippen molar-refractivity contribution in [2.75, 3.05) is 17.6 Å². The normalized spacial score (nSPS) is 13.8. The molecule has 0 radical (unpaired) electrons. The van der Waals surface area contributed by atoms with Gasteiger partial charge < -0.3 is 5.32 Å². The van der Waals surface area contributed by atoms with Crippen LogP contribution in [0.3, 0.4) is 0 Å². The number of carbonyl (C=O) groups excluding carboxylic acids is 1. The molecule has 0 atom stereocenters. The first-order valence-electron chi connectivity index (χ1n) is 12.6. The van der Waals surface area contributed by atoms with Crippen molar-refractivity contribution in [1.82, 2.24) is 14.5 Å². The highest BCUT2D eigenvalue weighted by Crippen LogP contribution is 2.35. The number of hydrogen-bond acceptors (Lipinski definition) is 6. The van der Waals surface area contributed by atoms with E-state index in [1.807, 2.05) is 63.2 Å². The van der Waals surface area contributed by atoms with E-state index in [1.165, 1.54) is 16.6 Å². The van der Waals surface area contributed by atoms with Gasteiger partial charge in [-0.3, -0.25) is 19.1 Å². The Balaban J connectivity index is 1.52. The number of anilines is 1. The minimum absolute atomic E-state index is 0.0539. The average molecular weight is 533 g/mol. The lowest BCUT2D eigenvalue weighted by molar-refractivity contribution is -0.113. The van der Waals surface area contributed by atoms with Crippen molar-refractivity contribution < 1.29 is 4.79 Å². The molecule has 2 aromatic carbocycles. The van der Waals surface area contributed by atoms with Gasteiger partial charge in [-0.15, -0.1) is 11.3 Å². The molecule has 2 aromatic heterocycles. The molecule has 0 saturated heterocycles. The Hall–Kier alpha value is -2.94. The molecule has 0 spiro atoms. The number of nitrogens with zero attached hydrogens (tertiary/aromatic N) is 3. The standard InChI is InChI=1S/C29H32N4O2S2/c1-17(2)32-13-12-22-24(15-32)37-27-26(22)28(35)33(21-10-7-18(3)8-11-21)29(31-27)36-16-25(34)30-23-14-19(4)6-9-20(23)5/h6-11,14,17H,12-13,15-16H2,1-5H3,(H,30,34). The van der Waals surface area contributed by atoms with Crippen LogP contribution in [-0.2, 0) is 17.8 Å². The number of hydrogen-bond donors (Lipinski definition) is 1. The molecule has 6 nitrogen and oxygen atoms in total. The van der Waals surface area contributed by atoms with Crippen molar-refractivity contribution in [1.29, 1.82) is 0 Å². The Bertz CT molecular complexity index is 1540. The summed E-state index contributed by atoms with van der Waals surface area (Å²) in [4.78, 5) is 36.3. The smallest absolute Gasteiger partial charge is 0.267 e. The van der Waals surface area contributed by atoms with Gasteiger partial charge in [0.15, 0.2) is 5.16 Å². The number of aryl methyl sites for hydroxylation is 3. The predicted octanol–water partition coefficient (Wildman–Crippen LogP) is 5.87. The second-order valence-electron chi connectivity index (χ2n) is 10.0. The second-order valence-corrected chi connectivity index (χ2v) is 12.1. The molecule has 1 aliphatic rings. The third kappa shape index (κ3) is 5.23. The fourth-order valence-electron chi connectivity index (χ4n) is 4.69. The number of rotatable bonds is 6. The quantitative estimate of drug-likeness (QED) is 0.249. The van der Waals surface area contributed by atoms with Crippen LogP contribution in [0.2, 0.25) is 0 Å². The lowest BCUT2D eigenvalue weighted by Gasteiger charge is -2.30. The number of thioether (sulfide) groups is 1. The summed E-state index contributed by atoms with van der Waals surface area (Å²) in [6, 6.07) is 14.3. The first kappa shape index (κ1) is 25.7. The Morgan fingerprint density at radius 3 is 2.57 bits per heavy atom. The zero-order valence-electron chi connectivity index (χ0n) is 21.9. The molecule has 1 aliphatic heterocycles. The molecule has 0 saturated carbocycles. The van der Waals surface area contributed by atoms with Gasteiger partial charge in [-0.05, 0) is 75.9 Å². The van der Waals surface area contributed by atoms with Crippen molar-refractivity contribution in [3.63, 3.8) is 0 Å². The Morgan fingerprint density at radius 2 is 1.84 bits per heavy atom. The zero-order valence-corrected chi connectivity index (χ0v) is 23.6. The minimum Gasteiger partial charge on any atom is -0.325 e. The number of aromatic nitrogens is 2. The summed E-state index contributed by atoms with van der Waals surface area (Å²) in [5.74, 6) is 0.0326. The molecule has 3 heterocycles. The van der Waals surface area contributed by atoms with Crippen LogP contribution in [0.15, 0.2) is 52.4 Å². The van der Waals surface area contributed by atoms with Gasteiger partial charge in [0.1, 0.15) is 4.83 Å². The SMILES string of the molecule is Cc1ccc(-n2c(SCC(=O)Nc3cc(C)ccc3C)nc3sc4c(c3c2=O)CCN(C(C)C)C4)cc1. The third-order valence-corrected chi connectivity index (χ3v) is 8.94. The van der Waals surface area contributed by atoms with Crippen LogP contribution in [0.25, 0.3) is 15.9 Å². The van der Waals surface area contributed by atoms with E-state index in [2.05, 4.69) is 24.1 Å². The van der Waals surface area contributed by atoms with Crippen LogP contribution in [-0.4, -0.2) is 38.7 Å². The van der Waals surface area contributed by atoms with Crippen LogP contribution in [0, 0.1) is 20.8 Å². The van der Waals surface area contributed by atoms with Crippen molar-refractivity contribution in [2.45, 2.75) is 58.8 Å². The average Bonchev–Trinajstić information content (AvgIpc) is 3.23. The van der Waals surface area contributed by atoms with Gasteiger partial charge in [-0.2, -0.15) is 0 Å². The van der Waals surface area contributed by atoms with Crippen LogP contribution >= 0.6 is 23.1 Å². The highest BCUT2D eigenvalue weighted by molar-refractivity contribution is 7.99. The molecule has 192 valence electrons. The largest absolute Gasteiger partial charge is 0.325 e. The van der Waals surface area contributed by atoms with E-state index in [4.69, 9.17) is 4.98 Å². The summed E-state index contributed by atoms with van der Waals surface area (Å²) in [7, 11) is 0. The molecular weight excluding hydrogens is 500 g/mol. The first-order chi connectivity index (χ1) is 17.7. The number of nitrogens with one attached hydrogen (secondary N) is 1. The summed E-state index contributed by atoms with van der Waals surface area (Å²) >= 11 is 2.92. The lowest BCUT2D eigenvalue weighted by atomic mass is 10.0. The van der Waals surface area contributed by atoms with Crippen molar-refractivity contribution in [3.05, 3.63) is 79.9 Å². The summed E-state index contributed by atoms with van der Waals surface area (Å²) in [5, 5.41) is 4.29. The summed E-state index contributed by atoms with van der Waals surface area (Å²) in [5.41, 5.74) is 5.88. The van der Waals surface area contributed by atoms with E-state index in [0.717, 1.165) is 63.4 Å². The van der Waals surface area contributed by atoms with Gasteiger partial charge in [0.05, 0.1) is 16.8 Å². The van der Waals surface area contributed by atoms with Gasteiger partial charge in [-0.25, -0.2) is 4.98 Å². The molecule has 1 amide bonds. The Morgan fingerprint density at radius 1 is 1.11 bits per heavy atom. The fraction of sp³-hybridized carbons (Fsp3) is 0.345. The summed E-state index contributed by atoms with van der Waals surface area (Å²) in [6.45, 7) is 12.2. The number of carbonyl (C=O) groups is 1. The molecule has 0 fully saturated rings. The molecule has 0 aliphatic carbocycles. The van der Waals surface area contributed by atoms with Gasteiger partial charge in [0.2, 0.25) is 5.91 Å². The minimum atomic E-state index is -0.124. The van der Waals surface area contributed by atoms with Gasteiger partial charge in [-0.1, -0.05) is 41.6 Å². The van der Waals surface area contributed by atoms with E-state index in [9.17, 15) is 9.59 Å². The van der Waals surface area contributed by atoms with Gasteiger partial charge in [0.25, 0.3) is 5.56 Å². The maximum Gasteiger partial charge on any atom is 0.267 e. The third-order valence-electron chi connectivity index (χ3n) is 6.90. The fourth-order valence-corrected chi connectivity index (χ4v) is 6.79. The molecule has 0 bridgehead atoms. The molecular formula is C29H32N4O2S2. The van der Waals surface area contributed by atoms with E-state index in [1.54, 1.807) is 15.9 Å². The van der Waals surface area contributed by atoms with Crippen LogP contribution in [0.4, 0.5) is 5.69 Å². The molecule has 37 heavy (non-hydrogen) atoms. The van der Waals surface area contributed by atoms with Crippen LogP contribution in [0.1, 0.15) is 41.0 Å². The van der Waals surface area contributed by atoms with E-state index < -0.39 is 0 Å². The molecule has 5 rings (SSSR count). The maximum atomic E-state index is 14.0. The Labute approximate surface area is 225 Å². The summed E-state index contributed by atoms with van der Waals surface area (Å²) in [6.07, 6.45) is 0.850. The number of benzene rings is 2. The first-order valence-corrected chi connectivity index (χ1v) is 14.4. The Kier molecular flexibility index (Phi) is 7.25. The molecule has 8 heteroatoms. The number of fused-ring (bicyclic) bond motifs is 3. The molecule has 4 aromatic rings. The number of thiophene rings is 1. The molecule has 1 N–H and O–H groups in total. The highest BCUT2D eigenvalue weighted by Gasteiger charge is 2.26. The monoisotopic (exact) mass is 532 g/mol. The van der Waals surface area contributed by atoms with Crippen LogP contribution in [0.5, 0.6) is 0 Å². The van der Waals surface area contributed by atoms with E-state index in [0.29, 0.717) is 11.2 Å².